The molecule has 0 saturated heterocycles. The van der Waals surface area contributed by atoms with Crippen molar-refractivity contribution in [2.75, 3.05) is 12.3 Å². The number of rotatable bonds is 7. The van der Waals surface area contributed by atoms with Crippen molar-refractivity contribution in [2.45, 2.75) is 31.7 Å². The van der Waals surface area contributed by atoms with Gasteiger partial charge in [0, 0.05) is 5.54 Å². The molecule has 0 amide bonds. The largest absolute Gasteiger partial charge is 0.306 e. The Morgan fingerprint density at radius 1 is 1.25 bits per heavy atom. The van der Waals surface area contributed by atoms with Crippen molar-refractivity contribution in [1.82, 2.24) is 5.32 Å². The molecule has 114 valence electrons. The maximum atomic E-state index is 13.3. The van der Waals surface area contributed by atoms with Crippen molar-refractivity contribution in [2.24, 2.45) is 0 Å². The first-order valence-corrected chi connectivity index (χ1v) is 7.32. The van der Waals surface area contributed by atoms with Gasteiger partial charge in [0.2, 0.25) is 0 Å². The summed E-state index contributed by atoms with van der Waals surface area (Å²) in [6, 6.07) is 5.82. The van der Waals surface area contributed by atoms with Gasteiger partial charge in [0.25, 0.3) is 5.92 Å². The first-order valence-electron chi connectivity index (χ1n) is 6.04. The molecule has 2 N–H and O–H groups in total. The quantitative estimate of drug-likeness (QED) is 0.761. The van der Waals surface area contributed by atoms with Gasteiger partial charge in [-0.05, 0) is 38.0 Å². The van der Waals surface area contributed by atoms with Crippen LogP contribution in [0.2, 0.25) is 0 Å². The maximum absolute atomic E-state index is 13.3. The summed E-state index contributed by atoms with van der Waals surface area (Å²) in [5.41, 5.74) is 0.177. The summed E-state index contributed by atoms with van der Waals surface area (Å²) < 4.78 is 58.4. The lowest BCUT2D eigenvalue weighted by atomic mass is 9.94. The van der Waals surface area contributed by atoms with Crippen LogP contribution < -0.4 is 5.32 Å². The van der Waals surface area contributed by atoms with Crippen molar-refractivity contribution in [1.29, 1.82) is 0 Å². The predicted molar refractivity (Wildman–Crippen MR) is 72.8 cm³/mol. The molecule has 20 heavy (non-hydrogen) atoms. The number of alkyl halides is 2. The third-order valence-corrected chi connectivity index (χ3v) is 3.39. The SMILES string of the molecule is CC(C)(Cc1ccc(F)cc1)NCC(F)(F)CS(=O)O. The minimum absolute atomic E-state index is 0.350. The fourth-order valence-electron chi connectivity index (χ4n) is 1.78. The third-order valence-electron chi connectivity index (χ3n) is 2.72. The molecule has 1 aromatic rings. The van der Waals surface area contributed by atoms with E-state index in [1.165, 1.54) is 12.1 Å². The van der Waals surface area contributed by atoms with Crippen LogP contribution in [-0.2, 0) is 17.5 Å². The molecule has 0 fully saturated rings. The Labute approximate surface area is 118 Å². The Morgan fingerprint density at radius 3 is 2.30 bits per heavy atom. The van der Waals surface area contributed by atoms with Crippen molar-refractivity contribution < 1.29 is 21.9 Å². The second kappa shape index (κ2) is 6.69. The van der Waals surface area contributed by atoms with Gasteiger partial charge in [0.15, 0.2) is 11.1 Å². The Hall–Kier alpha value is -0.920. The van der Waals surface area contributed by atoms with E-state index in [-0.39, 0.29) is 5.82 Å². The molecular weight excluding hydrogens is 291 g/mol. The lowest BCUT2D eigenvalue weighted by molar-refractivity contribution is 0.0190. The van der Waals surface area contributed by atoms with Crippen molar-refractivity contribution in [3.8, 4) is 0 Å². The van der Waals surface area contributed by atoms with Crippen LogP contribution in [0, 0.1) is 5.82 Å². The minimum atomic E-state index is -3.25. The van der Waals surface area contributed by atoms with Gasteiger partial charge >= 0.3 is 0 Å². The van der Waals surface area contributed by atoms with Gasteiger partial charge in [0.1, 0.15) is 11.6 Å². The molecule has 0 aliphatic rings. The molecule has 1 rings (SSSR count). The number of nitrogens with one attached hydrogen (secondary N) is 1. The molecule has 0 saturated carbocycles. The lowest BCUT2D eigenvalue weighted by Gasteiger charge is -2.29. The Morgan fingerprint density at radius 2 is 1.80 bits per heavy atom. The fraction of sp³-hybridized carbons (Fsp3) is 0.538. The van der Waals surface area contributed by atoms with E-state index in [0.29, 0.717) is 6.42 Å². The highest BCUT2D eigenvalue weighted by Gasteiger charge is 2.33. The van der Waals surface area contributed by atoms with Crippen LogP contribution >= 0.6 is 0 Å². The summed E-state index contributed by atoms with van der Waals surface area (Å²) in [5.74, 6) is -4.69. The van der Waals surface area contributed by atoms with E-state index in [1.807, 2.05) is 0 Å². The maximum Gasteiger partial charge on any atom is 0.273 e. The summed E-state index contributed by atoms with van der Waals surface area (Å²) in [6.07, 6.45) is 0.436. The highest BCUT2D eigenvalue weighted by molar-refractivity contribution is 7.79. The molecule has 3 nitrogen and oxygen atoms in total. The van der Waals surface area contributed by atoms with E-state index in [4.69, 9.17) is 4.55 Å². The molecule has 0 bridgehead atoms. The molecule has 0 aliphatic carbocycles. The van der Waals surface area contributed by atoms with Gasteiger partial charge < -0.3 is 9.87 Å². The van der Waals surface area contributed by atoms with E-state index in [9.17, 15) is 17.4 Å². The average molecular weight is 309 g/mol. The van der Waals surface area contributed by atoms with Gasteiger partial charge in [-0.1, -0.05) is 12.1 Å². The van der Waals surface area contributed by atoms with Crippen molar-refractivity contribution >= 4 is 11.1 Å². The molecule has 0 spiro atoms. The molecule has 1 unspecified atom stereocenters. The summed E-state index contributed by atoms with van der Waals surface area (Å²) in [6.45, 7) is 2.79. The molecule has 0 radical (unpaired) electrons. The summed E-state index contributed by atoms with van der Waals surface area (Å²) in [7, 11) is 0. The summed E-state index contributed by atoms with van der Waals surface area (Å²) in [4.78, 5) is 0. The third kappa shape index (κ3) is 6.49. The van der Waals surface area contributed by atoms with E-state index in [1.54, 1.807) is 26.0 Å². The zero-order valence-electron chi connectivity index (χ0n) is 11.3. The molecule has 0 heterocycles. The molecule has 1 aromatic carbocycles. The fourth-order valence-corrected chi connectivity index (χ4v) is 2.24. The number of hydrogen-bond acceptors (Lipinski definition) is 2. The van der Waals surface area contributed by atoms with Crippen LogP contribution in [-0.4, -0.2) is 32.5 Å². The van der Waals surface area contributed by atoms with Gasteiger partial charge in [-0.2, -0.15) is 0 Å². The Bertz CT molecular complexity index is 463. The minimum Gasteiger partial charge on any atom is -0.306 e. The standard InChI is InChI=1S/C13H18F3NO2S/c1-12(2,7-10-3-5-11(14)6-4-10)17-8-13(15,16)9-20(18)19/h3-6,17H,7-9H2,1-2H3,(H,18,19). The van der Waals surface area contributed by atoms with Gasteiger partial charge in [-0.25, -0.2) is 17.4 Å². The number of halogens is 3. The molecule has 0 aromatic heterocycles. The monoisotopic (exact) mass is 309 g/mol. The smallest absolute Gasteiger partial charge is 0.273 e. The molecule has 7 heteroatoms. The highest BCUT2D eigenvalue weighted by atomic mass is 32.2. The second-order valence-electron chi connectivity index (χ2n) is 5.36. The first-order chi connectivity index (χ1) is 9.10. The van der Waals surface area contributed by atoms with Crippen molar-refractivity contribution in [3.63, 3.8) is 0 Å². The van der Waals surface area contributed by atoms with Crippen molar-refractivity contribution in [3.05, 3.63) is 35.6 Å². The van der Waals surface area contributed by atoms with E-state index in [2.05, 4.69) is 5.32 Å². The second-order valence-corrected chi connectivity index (χ2v) is 6.29. The molecular formula is C13H18F3NO2S. The van der Waals surface area contributed by atoms with Crippen LogP contribution in [0.5, 0.6) is 0 Å². The van der Waals surface area contributed by atoms with Crippen LogP contribution in [0.25, 0.3) is 0 Å². The topological polar surface area (TPSA) is 49.3 Å². The predicted octanol–water partition coefficient (Wildman–Crippen LogP) is 2.59. The average Bonchev–Trinajstić information content (AvgIpc) is 2.28. The number of benzene rings is 1. The zero-order chi connectivity index (χ0) is 15.4. The first kappa shape index (κ1) is 17.1. The normalized spacial score (nSPS) is 14.3. The number of hydrogen-bond donors (Lipinski definition) is 2. The van der Waals surface area contributed by atoms with E-state index in [0.717, 1.165) is 5.56 Å². The van der Waals surface area contributed by atoms with Crippen LogP contribution in [0.4, 0.5) is 13.2 Å². The van der Waals surface area contributed by atoms with Gasteiger partial charge in [-0.3, -0.25) is 0 Å². The van der Waals surface area contributed by atoms with E-state index >= 15 is 0 Å². The Balaban J connectivity index is 2.56. The Kier molecular flexibility index (Phi) is 5.73. The van der Waals surface area contributed by atoms with Crippen LogP contribution in [0.1, 0.15) is 19.4 Å². The highest BCUT2D eigenvalue weighted by Crippen LogP contribution is 2.18. The molecule has 1 atom stereocenters. The summed E-state index contributed by atoms with van der Waals surface area (Å²) >= 11 is -2.54. The summed E-state index contributed by atoms with van der Waals surface area (Å²) in [5, 5.41) is 2.68. The van der Waals surface area contributed by atoms with E-state index < -0.39 is 34.8 Å². The molecule has 0 aliphatic heterocycles. The van der Waals surface area contributed by atoms with Crippen LogP contribution in [0.15, 0.2) is 24.3 Å². The zero-order valence-corrected chi connectivity index (χ0v) is 12.1. The van der Waals surface area contributed by atoms with Gasteiger partial charge in [-0.15, -0.1) is 0 Å². The van der Waals surface area contributed by atoms with Crippen LogP contribution in [0.3, 0.4) is 0 Å². The lowest BCUT2D eigenvalue weighted by Crippen LogP contribution is -2.48. The van der Waals surface area contributed by atoms with Gasteiger partial charge in [0.05, 0.1) is 6.54 Å².